The third-order valence-electron chi connectivity index (χ3n) is 1.36. The van der Waals surface area contributed by atoms with Crippen molar-refractivity contribution in [2.75, 3.05) is 0 Å². The largest absolute Gasteiger partial charge is 0.508 e. The van der Waals surface area contributed by atoms with Gasteiger partial charge in [0.25, 0.3) is 0 Å². The average molecular weight is 270 g/mol. The smallest absolute Gasteiger partial charge is 0.416 e. The molecule has 3 N–H and O–H groups in total. The maximum absolute atomic E-state index is 11.8. The SMILES string of the molecule is C=COP(O)O.Oc1ccc(C(F)(F)F)cc1. The normalized spacial score (nSPS) is 10.5. The van der Waals surface area contributed by atoms with Gasteiger partial charge in [-0.15, -0.1) is 0 Å². The first kappa shape index (κ1) is 15.7. The highest BCUT2D eigenvalue weighted by molar-refractivity contribution is 7.39. The van der Waals surface area contributed by atoms with Crippen molar-refractivity contribution >= 4 is 8.60 Å². The van der Waals surface area contributed by atoms with Gasteiger partial charge in [0.2, 0.25) is 0 Å². The Morgan fingerprint density at radius 1 is 1.18 bits per heavy atom. The molecule has 0 saturated carbocycles. The first-order chi connectivity index (χ1) is 7.77. The molecule has 0 atom stereocenters. The quantitative estimate of drug-likeness (QED) is 0.571. The van der Waals surface area contributed by atoms with Gasteiger partial charge in [-0.1, -0.05) is 6.58 Å². The first-order valence-electron chi connectivity index (χ1n) is 4.09. The van der Waals surface area contributed by atoms with E-state index in [4.69, 9.17) is 14.9 Å². The lowest BCUT2D eigenvalue weighted by atomic mass is 10.2. The van der Waals surface area contributed by atoms with Crippen LogP contribution in [0.3, 0.4) is 0 Å². The first-order valence-corrected chi connectivity index (χ1v) is 5.25. The maximum Gasteiger partial charge on any atom is 0.416 e. The molecule has 1 aromatic carbocycles. The number of halogens is 3. The average Bonchev–Trinajstić information content (AvgIpc) is 2.17. The fourth-order valence-electron chi connectivity index (χ4n) is 0.717. The van der Waals surface area contributed by atoms with Gasteiger partial charge in [-0.3, -0.25) is 0 Å². The zero-order valence-corrected chi connectivity index (χ0v) is 9.32. The molecule has 0 heterocycles. The Hall–Kier alpha value is -1.30. The molecule has 0 amide bonds. The minimum Gasteiger partial charge on any atom is -0.508 e. The summed E-state index contributed by atoms with van der Waals surface area (Å²) in [5, 5.41) is 8.66. The van der Waals surface area contributed by atoms with Crippen LogP contribution in [0.25, 0.3) is 0 Å². The summed E-state index contributed by atoms with van der Waals surface area (Å²) in [6.07, 6.45) is -3.35. The van der Waals surface area contributed by atoms with Gasteiger partial charge in [-0.25, -0.2) is 0 Å². The molecule has 0 spiro atoms. The Bertz CT molecular complexity index is 337. The van der Waals surface area contributed by atoms with Gasteiger partial charge in [0.05, 0.1) is 11.8 Å². The van der Waals surface area contributed by atoms with Crippen molar-refractivity contribution < 1.29 is 32.6 Å². The Morgan fingerprint density at radius 3 is 1.88 bits per heavy atom. The zero-order chi connectivity index (χ0) is 13.5. The van der Waals surface area contributed by atoms with E-state index in [1.54, 1.807) is 0 Å². The van der Waals surface area contributed by atoms with E-state index in [9.17, 15) is 13.2 Å². The van der Waals surface area contributed by atoms with Crippen molar-refractivity contribution in [3.63, 3.8) is 0 Å². The van der Waals surface area contributed by atoms with Crippen LogP contribution in [-0.4, -0.2) is 14.9 Å². The van der Waals surface area contributed by atoms with Crippen LogP contribution in [0.15, 0.2) is 37.1 Å². The monoisotopic (exact) mass is 270 g/mol. The summed E-state index contributed by atoms with van der Waals surface area (Å²) >= 11 is 0. The topological polar surface area (TPSA) is 69.9 Å². The fraction of sp³-hybridized carbons (Fsp3) is 0.111. The lowest BCUT2D eigenvalue weighted by Crippen LogP contribution is -2.03. The van der Waals surface area contributed by atoms with Crippen LogP contribution in [0.4, 0.5) is 13.2 Å². The third kappa shape index (κ3) is 7.57. The van der Waals surface area contributed by atoms with Crippen LogP contribution in [0.5, 0.6) is 5.75 Å². The van der Waals surface area contributed by atoms with Crippen LogP contribution in [-0.2, 0) is 10.7 Å². The van der Waals surface area contributed by atoms with E-state index in [2.05, 4.69) is 11.1 Å². The van der Waals surface area contributed by atoms with Gasteiger partial charge in [-0.05, 0) is 24.3 Å². The Balaban J connectivity index is 0.000000366. The second-order valence-electron chi connectivity index (χ2n) is 2.57. The van der Waals surface area contributed by atoms with E-state index < -0.39 is 20.3 Å². The lowest BCUT2D eigenvalue weighted by Gasteiger charge is -2.04. The van der Waals surface area contributed by atoms with Crippen molar-refractivity contribution in [3.8, 4) is 5.75 Å². The Kier molecular flexibility index (Phi) is 6.57. The van der Waals surface area contributed by atoms with Crippen molar-refractivity contribution in [1.29, 1.82) is 0 Å². The summed E-state index contributed by atoms with van der Waals surface area (Å²) in [5.74, 6) is -0.169. The van der Waals surface area contributed by atoms with Crippen LogP contribution in [0.1, 0.15) is 5.56 Å². The highest BCUT2D eigenvalue weighted by Crippen LogP contribution is 2.29. The molecule has 0 radical (unpaired) electrons. The summed E-state index contributed by atoms with van der Waals surface area (Å²) in [7, 11) is -2.22. The van der Waals surface area contributed by atoms with Crippen LogP contribution in [0.2, 0.25) is 0 Å². The molecule has 1 aromatic rings. The fourth-order valence-corrected chi connectivity index (χ4v) is 0.850. The zero-order valence-electron chi connectivity index (χ0n) is 8.42. The van der Waals surface area contributed by atoms with Gasteiger partial charge in [0, 0.05) is 0 Å². The molecule has 0 aliphatic carbocycles. The minimum atomic E-state index is -4.33. The molecule has 0 bridgehead atoms. The molecule has 4 nitrogen and oxygen atoms in total. The minimum absolute atomic E-state index is 0.169. The number of rotatable bonds is 2. The molecule has 96 valence electrons. The molecular formula is C9H10F3O4P. The molecule has 0 aliphatic rings. The lowest BCUT2D eigenvalue weighted by molar-refractivity contribution is -0.137. The van der Waals surface area contributed by atoms with Gasteiger partial charge < -0.3 is 19.4 Å². The highest BCUT2D eigenvalue weighted by Gasteiger charge is 2.29. The van der Waals surface area contributed by atoms with Crippen molar-refractivity contribution in [2.24, 2.45) is 0 Å². The number of phenolic OH excluding ortho intramolecular Hbond substituents is 1. The van der Waals surface area contributed by atoms with E-state index in [0.717, 1.165) is 30.5 Å². The molecule has 0 unspecified atom stereocenters. The van der Waals surface area contributed by atoms with Crippen molar-refractivity contribution in [1.82, 2.24) is 0 Å². The van der Waals surface area contributed by atoms with E-state index in [1.165, 1.54) is 0 Å². The number of benzene rings is 1. The number of hydrogen-bond donors (Lipinski definition) is 3. The molecule has 0 aromatic heterocycles. The Morgan fingerprint density at radius 2 is 1.65 bits per heavy atom. The standard InChI is InChI=1S/C7H5F3O.C2H5O3P/c8-7(9,10)5-1-3-6(11)4-2-5;1-2-5-6(3)4/h1-4,11H;2-4H,1H2. The summed E-state index contributed by atoms with van der Waals surface area (Å²) in [5.41, 5.74) is -0.754. The van der Waals surface area contributed by atoms with Gasteiger partial charge in [0.15, 0.2) is 0 Å². The summed E-state index contributed by atoms with van der Waals surface area (Å²) < 4.78 is 39.5. The predicted molar refractivity (Wildman–Crippen MR) is 55.7 cm³/mol. The summed E-state index contributed by atoms with van der Waals surface area (Å²) in [4.78, 5) is 15.8. The van der Waals surface area contributed by atoms with E-state index >= 15 is 0 Å². The predicted octanol–water partition coefficient (Wildman–Crippen LogP) is 2.77. The molecule has 0 aliphatic heterocycles. The van der Waals surface area contributed by atoms with Crippen molar-refractivity contribution in [2.45, 2.75) is 6.18 Å². The number of alkyl halides is 3. The van der Waals surface area contributed by atoms with E-state index in [0.29, 0.717) is 0 Å². The maximum atomic E-state index is 11.8. The molecule has 17 heavy (non-hydrogen) atoms. The van der Waals surface area contributed by atoms with Gasteiger partial charge >= 0.3 is 14.8 Å². The molecule has 0 fully saturated rings. The second-order valence-corrected chi connectivity index (χ2v) is 3.29. The molecule has 1 rings (SSSR count). The van der Waals surface area contributed by atoms with Crippen LogP contribution < -0.4 is 0 Å². The Labute approximate surface area is 96.6 Å². The number of hydrogen-bond acceptors (Lipinski definition) is 4. The van der Waals surface area contributed by atoms with E-state index in [1.807, 2.05) is 0 Å². The van der Waals surface area contributed by atoms with Crippen LogP contribution >= 0.6 is 8.60 Å². The number of phenols is 1. The summed E-state index contributed by atoms with van der Waals surface area (Å²) in [6, 6.07) is 3.66. The molecule has 8 heteroatoms. The molecular weight excluding hydrogens is 260 g/mol. The summed E-state index contributed by atoms with van der Waals surface area (Å²) in [6.45, 7) is 3.07. The molecule has 0 saturated heterocycles. The second kappa shape index (κ2) is 7.11. The highest BCUT2D eigenvalue weighted by atomic mass is 31.2. The van der Waals surface area contributed by atoms with Crippen LogP contribution in [0, 0.1) is 0 Å². The van der Waals surface area contributed by atoms with Gasteiger partial charge in [-0.2, -0.15) is 13.2 Å². The third-order valence-corrected chi connectivity index (χ3v) is 1.70. The number of aromatic hydroxyl groups is 1. The van der Waals surface area contributed by atoms with Gasteiger partial charge in [0.1, 0.15) is 5.75 Å². The van der Waals surface area contributed by atoms with Crippen molar-refractivity contribution in [3.05, 3.63) is 42.7 Å². The van der Waals surface area contributed by atoms with E-state index in [-0.39, 0.29) is 5.75 Å².